The Morgan fingerprint density at radius 2 is 1.71 bits per heavy atom. The van der Waals surface area contributed by atoms with E-state index in [0.717, 1.165) is 11.3 Å². The van der Waals surface area contributed by atoms with Crippen molar-refractivity contribution in [3.8, 4) is 17.1 Å². The first-order chi connectivity index (χ1) is 13.3. The number of carbonyl (C=O) groups is 1. The summed E-state index contributed by atoms with van der Waals surface area (Å²) >= 11 is 0. The molecular formula is C19H16F3N3O3. The highest BCUT2D eigenvalue weighted by Crippen LogP contribution is 2.29. The molecule has 146 valence electrons. The van der Waals surface area contributed by atoms with Gasteiger partial charge in [-0.2, -0.15) is 18.2 Å². The summed E-state index contributed by atoms with van der Waals surface area (Å²) in [4.78, 5) is 15.4. The van der Waals surface area contributed by atoms with Crippen LogP contribution in [0.15, 0.2) is 53.1 Å². The quantitative estimate of drug-likeness (QED) is 0.695. The fourth-order valence-corrected chi connectivity index (χ4v) is 2.42. The Hall–Kier alpha value is -3.36. The number of amides is 1. The molecule has 1 amide bonds. The van der Waals surface area contributed by atoms with E-state index in [0.29, 0.717) is 17.7 Å². The zero-order valence-corrected chi connectivity index (χ0v) is 14.8. The molecule has 0 saturated carbocycles. The van der Waals surface area contributed by atoms with Crippen LogP contribution >= 0.6 is 0 Å². The van der Waals surface area contributed by atoms with E-state index in [-0.39, 0.29) is 18.2 Å². The molecule has 3 rings (SSSR count). The molecule has 0 saturated heterocycles. The molecular weight excluding hydrogens is 375 g/mol. The Kier molecular flexibility index (Phi) is 5.62. The van der Waals surface area contributed by atoms with E-state index < -0.39 is 12.1 Å². The average molecular weight is 391 g/mol. The fourth-order valence-electron chi connectivity index (χ4n) is 2.42. The van der Waals surface area contributed by atoms with E-state index in [2.05, 4.69) is 20.0 Å². The number of hydrogen-bond donors (Lipinski definition) is 1. The van der Waals surface area contributed by atoms with Gasteiger partial charge in [-0.1, -0.05) is 41.6 Å². The van der Waals surface area contributed by atoms with Crippen LogP contribution in [0, 0.1) is 0 Å². The van der Waals surface area contributed by atoms with Crippen LogP contribution in [0.25, 0.3) is 11.4 Å². The highest BCUT2D eigenvalue weighted by atomic mass is 19.4. The van der Waals surface area contributed by atoms with Gasteiger partial charge in [0.15, 0.2) is 0 Å². The number of aromatic nitrogens is 2. The number of nitrogens with one attached hydrogen (secondary N) is 1. The van der Waals surface area contributed by atoms with Crippen LogP contribution in [0.5, 0.6) is 5.75 Å². The third kappa shape index (κ3) is 4.87. The van der Waals surface area contributed by atoms with Crippen molar-refractivity contribution < 1.29 is 27.2 Å². The van der Waals surface area contributed by atoms with E-state index in [9.17, 15) is 18.0 Å². The number of methoxy groups -OCH3 is 1. The Balaban J connectivity index is 1.56. The average Bonchev–Trinajstić information content (AvgIpc) is 3.18. The number of alkyl halides is 3. The number of halogens is 3. The van der Waals surface area contributed by atoms with Gasteiger partial charge in [-0.05, 0) is 23.3 Å². The minimum Gasteiger partial charge on any atom is -0.497 e. The van der Waals surface area contributed by atoms with Gasteiger partial charge in [0.05, 0.1) is 13.5 Å². The van der Waals surface area contributed by atoms with Crippen molar-refractivity contribution >= 4 is 5.91 Å². The minimum atomic E-state index is -4.69. The molecule has 0 fully saturated rings. The third-order valence-corrected chi connectivity index (χ3v) is 3.89. The van der Waals surface area contributed by atoms with Gasteiger partial charge in [0.25, 0.3) is 0 Å². The van der Waals surface area contributed by atoms with Crippen molar-refractivity contribution in [2.75, 3.05) is 7.11 Å². The second kappa shape index (κ2) is 8.12. The predicted octanol–water partition coefficient (Wildman–Crippen LogP) is 3.62. The van der Waals surface area contributed by atoms with E-state index >= 15 is 0 Å². The lowest BCUT2D eigenvalue weighted by molar-refractivity contribution is -0.159. The maximum Gasteiger partial charge on any atom is 0.471 e. The lowest BCUT2D eigenvalue weighted by atomic mass is 10.1. The van der Waals surface area contributed by atoms with Gasteiger partial charge in [-0.25, -0.2) is 0 Å². The number of ether oxygens (including phenoxy) is 1. The van der Waals surface area contributed by atoms with Gasteiger partial charge in [-0.15, -0.1) is 0 Å². The van der Waals surface area contributed by atoms with E-state index in [4.69, 9.17) is 4.74 Å². The standard InChI is InChI=1S/C19H16F3N3O3/c1-27-15-8-4-13(5-9-15)11-23-16(26)10-12-2-6-14(7-3-12)17-24-18(28-25-17)19(20,21)22/h2-9H,10-11H2,1H3,(H,23,26). The van der Waals surface area contributed by atoms with Crippen LogP contribution < -0.4 is 10.1 Å². The molecule has 0 spiro atoms. The largest absolute Gasteiger partial charge is 0.497 e. The molecule has 0 aliphatic carbocycles. The molecule has 1 aromatic heterocycles. The van der Waals surface area contributed by atoms with Crippen LogP contribution in [0.2, 0.25) is 0 Å². The normalized spacial score (nSPS) is 11.3. The molecule has 1 N–H and O–H groups in total. The number of benzene rings is 2. The monoisotopic (exact) mass is 391 g/mol. The summed E-state index contributed by atoms with van der Waals surface area (Å²) < 4.78 is 46.8. The van der Waals surface area contributed by atoms with Crippen molar-refractivity contribution in [2.24, 2.45) is 0 Å². The van der Waals surface area contributed by atoms with Crippen molar-refractivity contribution in [1.82, 2.24) is 15.5 Å². The lowest BCUT2D eigenvalue weighted by Gasteiger charge is -2.07. The van der Waals surface area contributed by atoms with E-state index in [1.807, 2.05) is 24.3 Å². The van der Waals surface area contributed by atoms with E-state index in [1.165, 1.54) is 12.1 Å². The van der Waals surface area contributed by atoms with Crippen molar-refractivity contribution in [3.05, 3.63) is 65.5 Å². The summed E-state index contributed by atoms with van der Waals surface area (Å²) in [5.41, 5.74) is 2.00. The van der Waals surface area contributed by atoms with Crippen LogP contribution in [0.3, 0.4) is 0 Å². The zero-order valence-electron chi connectivity index (χ0n) is 14.8. The van der Waals surface area contributed by atoms with Crippen molar-refractivity contribution in [1.29, 1.82) is 0 Å². The molecule has 0 radical (unpaired) electrons. The second-order valence-electron chi connectivity index (χ2n) is 5.92. The summed E-state index contributed by atoms with van der Waals surface area (Å²) in [5.74, 6) is -1.01. The fraction of sp³-hybridized carbons (Fsp3) is 0.211. The maximum absolute atomic E-state index is 12.5. The SMILES string of the molecule is COc1ccc(CNC(=O)Cc2ccc(-c3noc(C(F)(F)F)n3)cc2)cc1. The first kappa shape index (κ1) is 19.4. The van der Waals surface area contributed by atoms with E-state index in [1.54, 1.807) is 19.2 Å². The molecule has 0 aliphatic heterocycles. The molecule has 0 aliphatic rings. The Bertz CT molecular complexity index is 936. The molecule has 0 atom stereocenters. The minimum absolute atomic E-state index is 0.135. The molecule has 1 heterocycles. The summed E-state index contributed by atoms with van der Waals surface area (Å²) in [5, 5.41) is 6.13. The third-order valence-electron chi connectivity index (χ3n) is 3.89. The van der Waals surface area contributed by atoms with Crippen molar-refractivity contribution in [2.45, 2.75) is 19.1 Å². The van der Waals surface area contributed by atoms with Gasteiger partial charge >= 0.3 is 12.1 Å². The molecule has 2 aromatic carbocycles. The lowest BCUT2D eigenvalue weighted by Crippen LogP contribution is -2.24. The van der Waals surface area contributed by atoms with Gasteiger partial charge in [0, 0.05) is 12.1 Å². The Labute approximate surface area is 158 Å². The Morgan fingerprint density at radius 3 is 2.29 bits per heavy atom. The first-order valence-electron chi connectivity index (χ1n) is 8.25. The van der Waals surface area contributed by atoms with Crippen LogP contribution in [0.1, 0.15) is 17.0 Å². The number of hydrogen-bond acceptors (Lipinski definition) is 5. The molecule has 9 heteroatoms. The first-order valence-corrected chi connectivity index (χ1v) is 8.25. The van der Waals surface area contributed by atoms with Gasteiger partial charge in [0.2, 0.25) is 11.7 Å². The van der Waals surface area contributed by atoms with Gasteiger partial charge in [0.1, 0.15) is 5.75 Å². The van der Waals surface area contributed by atoms with Crippen LogP contribution in [0.4, 0.5) is 13.2 Å². The van der Waals surface area contributed by atoms with Crippen molar-refractivity contribution in [3.63, 3.8) is 0 Å². The van der Waals surface area contributed by atoms with Gasteiger partial charge < -0.3 is 14.6 Å². The predicted molar refractivity (Wildman–Crippen MR) is 93.3 cm³/mol. The molecule has 6 nitrogen and oxygen atoms in total. The topological polar surface area (TPSA) is 77.2 Å². The van der Waals surface area contributed by atoms with Crippen LogP contribution in [-0.4, -0.2) is 23.2 Å². The highest BCUT2D eigenvalue weighted by Gasteiger charge is 2.38. The number of carbonyl (C=O) groups excluding carboxylic acids is 1. The zero-order chi connectivity index (χ0) is 20.1. The van der Waals surface area contributed by atoms with Gasteiger partial charge in [-0.3, -0.25) is 4.79 Å². The molecule has 3 aromatic rings. The number of rotatable bonds is 6. The molecule has 0 unspecified atom stereocenters. The summed E-state index contributed by atoms with van der Waals surface area (Å²) in [7, 11) is 1.58. The summed E-state index contributed by atoms with van der Waals surface area (Å²) in [6, 6.07) is 13.7. The Morgan fingerprint density at radius 1 is 1.07 bits per heavy atom. The second-order valence-corrected chi connectivity index (χ2v) is 5.92. The molecule has 28 heavy (non-hydrogen) atoms. The maximum atomic E-state index is 12.5. The summed E-state index contributed by atoms with van der Waals surface area (Å²) in [6.45, 7) is 0.379. The van der Waals surface area contributed by atoms with Crippen LogP contribution in [-0.2, 0) is 23.9 Å². The smallest absolute Gasteiger partial charge is 0.471 e. The molecule has 0 bridgehead atoms. The summed E-state index contributed by atoms with van der Waals surface area (Å²) in [6.07, 6.45) is -4.55. The number of nitrogens with zero attached hydrogens (tertiary/aromatic N) is 2. The highest BCUT2D eigenvalue weighted by molar-refractivity contribution is 5.78.